The summed E-state index contributed by atoms with van der Waals surface area (Å²) >= 11 is 1.46. The second-order valence-corrected chi connectivity index (χ2v) is 9.32. The van der Waals surface area contributed by atoms with E-state index in [1.54, 1.807) is 4.90 Å². The lowest BCUT2D eigenvalue weighted by atomic mass is 10.1. The number of piperidine rings is 1. The zero-order valence-corrected chi connectivity index (χ0v) is 21.1. The number of anilines is 1. The molecule has 3 N–H and O–H groups in total. The van der Waals surface area contributed by atoms with Crippen molar-refractivity contribution in [3.63, 3.8) is 0 Å². The number of ether oxygens (including phenoxy) is 2. The summed E-state index contributed by atoms with van der Waals surface area (Å²) in [6.07, 6.45) is 1.22. The molecule has 8 nitrogen and oxygen atoms in total. The summed E-state index contributed by atoms with van der Waals surface area (Å²) in [7, 11) is 0. The molecule has 1 amide bonds. The summed E-state index contributed by atoms with van der Waals surface area (Å²) in [5.74, 6) is 1.88. The molecule has 2 heterocycles. The lowest BCUT2D eigenvalue weighted by Gasteiger charge is -2.29. The lowest BCUT2D eigenvalue weighted by Crippen LogP contribution is -2.40. The largest absolute Gasteiger partial charge is 0.456 e. The maximum Gasteiger partial charge on any atom is 0.409 e. The molecule has 0 bridgehead atoms. The van der Waals surface area contributed by atoms with Gasteiger partial charge in [-0.3, -0.25) is 0 Å². The minimum absolute atomic E-state index is 0.0551. The van der Waals surface area contributed by atoms with Crippen LogP contribution in [0.4, 0.5) is 9.93 Å². The van der Waals surface area contributed by atoms with Crippen LogP contribution in [0.5, 0.6) is 11.5 Å². The monoisotopic (exact) mass is 493 g/mol. The number of nitrogens with zero attached hydrogens (tertiary/aromatic N) is 3. The SMILES string of the molecule is CCOC(=O)N1CCC(N=C(N)Nc2nc(-c3ccccc3Oc3ccc(C)cc3C)cs2)CC1. The summed E-state index contributed by atoms with van der Waals surface area (Å²) in [6.45, 7) is 7.51. The zero-order chi connectivity index (χ0) is 24.8. The molecule has 0 aliphatic carbocycles. The number of carbonyl (C=O) groups excluding carboxylic acids is 1. The Balaban J connectivity index is 1.40. The number of carbonyl (C=O) groups is 1. The first-order valence-corrected chi connectivity index (χ1v) is 12.6. The number of aryl methyl sites for hydroxylation is 2. The summed E-state index contributed by atoms with van der Waals surface area (Å²) in [5, 5.41) is 5.74. The Bertz CT molecular complexity index is 1200. The topological polar surface area (TPSA) is 102 Å². The Morgan fingerprint density at radius 1 is 1.20 bits per heavy atom. The van der Waals surface area contributed by atoms with Crippen LogP contribution < -0.4 is 15.8 Å². The molecule has 1 aliphatic rings. The van der Waals surface area contributed by atoms with Crippen molar-refractivity contribution in [2.75, 3.05) is 25.0 Å². The third kappa shape index (κ3) is 6.30. The highest BCUT2D eigenvalue weighted by molar-refractivity contribution is 7.14. The molecule has 0 spiro atoms. The van der Waals surface area contributed by atoms with E-state index in [9.17, 15) is 4.79 Å². The number of thiazole rings is 1. The quantitative estimate of drug-likeness (QED) is 0.344. The van der Waals surface area contributed by atoms with E-state index in [2.05, 4.69) is 23.3 Å². The Kier molecular flexibility index (Phi) is 7.87. The highest BCUT2D eigenvalue weighted by Crippen LogP contribution is 2.35. The van der Waals surface area contributed by atoms with E-state index < -0.39 is 0 Å². The van der Waals surface area contributed by atoms with Crippen molar-refractivity contribution < 1.29 is 14.3 Å². The summed E-state index contributed by atoms with van der Waals surface area (Å²) < 4.78 is 11.3. The molecule has 0 atom stereocenters. The van der Waals surface area contributed by atoms with Crippen molar-refractivity contribution in [3.05, 3.63) is 59.0 Å². The maximum atomic E-state index is 11.9. The number of rotatable bonds is 6. The normalized spacial score (nSPS) is 14.6. The molecule has 1 fully saturated rings. The van der Waals surface area contributed by atoms with Crippen LogP contribution >= 0.6 is 11.3 Å². The van der Waals surface area contributed by atoms with Gasteiger partial charge in [-0.05, 0) is 57.4 Å². The van der Waals surface area contributed by atoms with Gasteiger partial charge in [-0.25, -0.2) is 14.8 Å². The first kappa shape index (κ1) is 24.5. The van der Waals surface area contributed by atoms with Crippen molar-refractivity contribution in [2.24, 2.45) is 10.7 Å². The van der Waals surface area contributed by atoms with Crippen LogP contribution in [0.1, 0.15) is 30.9 Å². The number of hydrogen-bond acceptors (Lipinski definition) is 6. The van der Waals surface area contributed by atoms with E-state index in [0.717, 1.165) is 41.2 Å². The van der Waals surface area contributed by atoms with Gasteiger partial charge in [-0.1, -0.05) is 29.8 Å². The fourth-order valence-corrected chi connectivity index (χ4v) is 4.70. The van der Waals surface area contributed by atoms with Gasteiger partial charge in [0, 0.05) is 24.0 Å². The number of nitrogens with one attached hydrogen (secondary N) is 1. The van der Waals surface area contributed by atoms with Gasteiger partial charge in [-0.15, -0.1) is 11.3 Å². The predicted molar refractivity (Wildman–Crippen MR) is 140 cm³/mol. The Morgan fingerprint density at radius 2 is 1.97 bits per heavy atom. The molecule has 1 aliphatic heterocycles. The van der Waals surface area contributed by atoms with Crippen LogP contribution in [0, 0.1) is 13.8 Å². The molecule has 1 saturated heterocycles. The number of aromatic nitrogens is 1. The standard InChI is InChI=1S/C26H31N5O3S/c1-4-33-26(32)31-13-11-19(12-14-31)28-24(27)30-25-29-21(16-35-25)20-7-5-6-8-23(20)34-22-10-9-17(2)15-18(22)3/h5-10,15-16,19H,4,11-14H2,1-3H3,(H3,27,28,29,30). The van der Waals surface area contributed by atoms with Gasteiger partial charge >= 0.3 is 6.09 Å². The Morgan fingerprint density at radius 3 is 2.71 bits per heavy atom. The van der Waals surface area contributed by atoms with E-state index in [4.69, 9.17) is 20.2 Å². The number of amides is 1. The van der Waals surface area contributed by atoms with Gasteiger partial charge in [0.25, 0.3) is 0 Å². The van der Waals surface area contributed by atoms with Crippen LogP contribution in [-0.2, 0) is 4.74 Å². The number of para-hydroxylation sites is 1. The molecule has 2 aromatic carbocycles. The average Bonchev–Trinajstić information content (AvgIpc) is 3.30. The van der Waals surface area contributed by atoms with Crippen LogP contribution in [-0.4, -0.2) is 47.7 Å². The van der Waals surface area contributed by atoms with Crippen LogP contribution in [0.2, 0.25) is 0 Å². The first-order chi connectivity index (χ1) is 16.9. The minimum atomic E-state index is -0.266. The fraction of sp³-hybridized carbons (Fsp3) is 0.346. The molecule has 35 heavy (non-hydrogen) atoms. The van der Waals surface area contributed by atoms with Crippen molar-refractivity contribution in [3.8, 4) is 22.8 Å². The highest BCUT2D eigenvalue weighted by atomic mass is 32.1. The predicted octanol–water partition coefficient (Wildman–Crippen LogP) is 5.57. The fourth-order valence-electron chi connectivity index (χ4n) is 3.99. The molecular weight excluding hydrogens is 462 g/mol. The van der Waals surface area contributed by atoms with Crippen molar-refractivity contribution in [2.45, 2.75) is 39.7 Å². The van der Waals surface area contributed by atoms with E-state index in [0.29, 0.717) is 30.8 Å². The summed E-state index contributed by atoms with van der Waals surface area (Å²) in [4.78, 5) is 22.9. The lowest BCUT2D eigenvalue weighted by molar-refractivity contribution is 0.0975. The van der Waals surface area contributed by atoms with Gasteiger partial charge in [0.2, 0.25) is 0 Å². The first-order valence-electron chi connectivity index (χ1n) is 11.7. The second kappa shape index (κ2) is 11.2. The molecular formula is C26H31N5O3S. The van der Waals surface area contributed by atoms with Gasteiger partial charge in [0.05, 0.1) is 18.3 Å². The number of hydrogen-bond donors (Lipinski definition) is 2. The van der Waals surface area contributed by atoms with E-state index in [1.807, 2.05) is 55.6 Å². The minimum Gasteiger partial charge on any atom is -0.456 e. The molecule has 1 aromatic heterocycles. The number of guanidine groups is 1. The van der Waals surface area contributed by atoms with E-state index >= 15 is 0 Å². The van der Waals surface area contributed by atoms with E-state index in [1.165, 1.54) is 16.9 Å². The van der Waals surface area contributed by atoms with E-state index in [-0.39, 0.29) is 12.1 Å². The van der Waals surface area contributed by atoms with Crippen molar-refractivity contribution in [1.82, 2.24) is 9.88 Å². The van der Waals surface area contributed by atoms with Gasteiger partial charge in [0.15, 0.2) is 11.1 Å². The average molecular weight is 494 g/mol. The van der Waals surface area contributed by atoms with Crippen LogP contribution in [0.25, 0.3) is 11.3 Å². The maximum absolute atomic E-state index is 11.9. The Labute approximate surface area is 209 Å². The second-order valence-electron chi connectivity index (χ2n) is 8.46. The van der Waals surface area contributed by atoms with Crippen molar-refractivity contribution >= 4 is 28.5 Å². The highest BCUT2D eigenvalue weighted by Gasteiger charge is 2.23. The third-order valence-corrected chi connectivity index (χ3v) is 6.52. The molecule has 184 valence electrons. The molecule has 0 saturated carbocycles. The van der Waals surface area contributed by atoms with Crippen LogP contribution in [0.15, 0.2) is 52.8 Å². The molecule has 0 unspecified atom stereocenters. The molecule has 0 radical (unpaired) electrons. The number of aliphatic imine (C=N–C) groups is 1. The molecule has 4 rings (SSSR count). The van der Waals surface area contributed by atoms with Gasteiger partial charge < -0.3 is 25.4 Å². The van der Waals surface area contributed by atoms with Crippen LogP contribution in [0.3, 0.4) is 0 Å². The number of likely N-dealkylation sites (tertiary alicyclic amines) is 1. The summed E-state index contributed by atoms with van der Waals surface area (Å²) in [6, 6.07) is 14.0. The third-order valence-electron chi connectivity index (χ3n) is 5.76. The Hall–Kier alpha value is -3.59. The number of nitrogens with two attached hydrogens (primary N) is 1. The smallest absolute Gasteiger partial charge is 0.409 e. The zero-order valence-electron chi connectivity index (χ0n) is 20.3. The molecule has 3 aromatic rings. The van der Waals surface area contributed by atoms with Gasteiger partial charge in [0.1, 0.15) is 11.5 Å². The molecule has 9 heteroatoms. The van der Waals surface area contributed by atoms with Crippen molar-refractivity contribution in [1.29, 1.82) is 0 Å². The number of benzene rings is 2. The summed E-state index contributed by atoms with van der Waals surface area (Å²) in [5.41, 5.74) is 10.1. The van der Waals surface area contributed by atoms with Gasteiger partial charge in [-0.2, -0.15) is 0 Å².